The minimum atomic E-state index is -0.996. The van der Waals surface area contributed by atoms with E-state index in [1.165, 1.54) is 44.8 Å². The van der Waals surface area contributed by atoms with Crippen molar-refractivity contribution in [3.05, 3.63) is 58.1 Å². The number of aromatic carboxylic acids is 1. The molecule has 9 nitrogen and oxygen atoms in total. The Balaban J connectivity index is 0. The van der Waals surface area contributed by atoms with Crippen molar-refractivity contribution < 1.29 is 24.4 Å². The van der Waals surface area contributed by atoms with E-state index in [1.807, 2.05) is 0 Å². The first-order valence-corrected chi connectivity index (χ1v) is 8.00. The second-order valence-corrected chi connectivity index (χ2v) is 5.21. The van der Waals surface area contributed by atoms with E-state index in [2.05, 4.69) is 20.3 Å². The first-order valence-electron chi connectivity index (χ1n) is 7.25. The number of hydrogen-bond acceptors (Lipinski definition) is 7. The molecule has 0 saturated carbocycles. The molecule has 156 valence electrons. The van der Waals surface area contributed by atoms with Gasteiger partial charge in [-0.25, -0.2) is 25.3 Å². The van der Waals surface area contributed by atoms with Gasteiger partial charge in [0.15, 0.2) is 0 Å². The van der Waals surface area contributed by atoms with E-state index < -0.39 is 5.97 Å². The van der Waals surface area contributed by atoms with Gasteiger partial charge in [0.05, 0.1) is 19.8 Å². The van der Waals surface area contributed by atoms with Crippen LogP contribution in [0.3, 0.4) is 0 Å². The Labute approximate surface area is 174 Å². The second-order valence-electron chi connectivity index (χ2n) is 4.43. The van der Waals surface area contributed by atoms with E-state index >= 15 is 0 Å². The van der Waals surface area contributed by atoms with Crippen LogP contribution in [0.1, 0.15) is 28.1 Å². The topological polar surface area (TPSA) is 114 Å². The molecule has 0 radical (unpaired) electrons. The van der Waals surface area contributed by atoms with Crippen LogP contribution in [0.4, 0.5) is 0 Å². The molecule has 0 fully saturated rings. The van der Waals surface area contributed by atoms with Crippen molar-refractivity contribution in [2.75, 3.05) is 28.3 Å². The summed E-state index contributed by atoms with van der Waals surface area (Å²) in [5.41, 5.74) is 3.03. The van der Waals surface area contributed by atoms with Crippen molar-refractivity contribution in [2.24, 2.45) is 0 Å². The number of carbonyl (C=O) groups excluding carboxylic acids is 1. The maximum atomic E-state index is 11.4. The lowest BCUT2D eigenvalue weighted by Crippen LogP contribution is -2.25. The van der Waals surface area contributed by atoms with E-state index in [-0.39, 0.29) is 29.2 Å². The van der Waals surface area contributed by atoms with E-state index in [9.17, 15) is 9.59 Å². The highest BCUT2D eigenvalue weighted by Gasteiger charge is 2.11. The average Bonchev–Trinajstić information content (AvgIpc) is 2.67. The van der Waals surface area contributed by atoms with Crippen LogP contribution < -0.4 is 5.48 Å². The zero-order valence-electron chi connectivity index (χ0n) is 15.1. The lowest BCUT2D eigenvalue weighted by atomic mass is 10.2. The summed E-state index contributed by atoms with van der Waals surface area (Å²) in [5, 5.41) is 10.0. The average molecular weight is 435 g/mol. The molecule has 28 heavy (non-hydrogen) atoms. The van der Waals surface area contributed by atoms with Crippen molar-refractivity contribution in [1.29, 1.82) is 0 Å². The number of halogens is 2. The van der Waals surface area contributed by atoms with E-state index in [0.717, 1.165) is 5.06 Å². The van der Waals surface area contributed by atoms with Crippen LogP contribution in [0.15, 0.2) is 36.7 Å². The molecule has 0 saturated heterocycles. The van der Waals surface area contributed by atoms with Gasteiger partial charge in [-0.15, -0.1) is 0 Å². The normalized spacial score (nSPS) is 8.93. The van der Waals surface area contributed by atoms with Gasteiger partial charge in [0.2, 0.25) is 0 Å². The Kier molecular flexibility index (Phi) is 15.7. The second kappa shape index (κ2) is 15.7. The fourth-order valence-corrected chi connectivity index (χ4v) is 1.68. The van der Waals surface area contributed by atoms with Gasteiger partial charge in [-0.05, 0) is 24.3 Å². The third kappa shape index (κ3) is 11.4. The molecule has 11 heteroatoms. The minimum absolute atomic E-state index is 0. The number of carboxylic acids is 1. The molecule has 2 rings (SSSR count). The fourth-order valence-electron chi connectivity index (χ4n) is 1.34. The van der Waals surface area contributed by atoms with Gasteiger partial charge in [0, 0.05) is 32.1 Å². The molecule has 0 aliphatic carbocycles. The summed E-state index contributed by atoms with van der Waals surface area (Å²) in [5.74, 6) is -1.25. The van der Waals surface area contributed by atoms with Crippen LogP contribution in [0.5, 0.6) is 0 Å². The monoisotopic (exact) mass is 434 g/mol. The summed E-state index contributed by atoms with van der Waals surface area (Å²) in [6, 6.07) is 5.74. The van der Waals surface area contributed by atoms with Gasteiger partial charge < -0.3 is 9.94 Å². The quantitative estimate of drug-likeness (QED) is 0.556. The van der Waals surface area contributed by atoms with Crippen LogP contribution in [0, 0.1) is 0 Å². The number of amides is 1. The third-order valence-electron chi connectivity index (χ3n) is 2.71. The Hall–Kier alpha value is -2.30. The minimum Gasteiger partial charge on any atom is -0.478 e. The maximum absolute atomic E-state index is 11.4. The lowest BCUT2D eigenvalue weighted by Gasteiger charge is -2.12. The van der Waals surface area contributed by atoms with Gasteiger partial charge >= 0.3 is 5.97 Å². The summed E-state index contributed by atoms with van der Waals surface area (Å²) in [6.07, 6.45) is 2.82. The number of carboxylic acid groups (broad SMARTS) is 1. The number of rotatable bonds is 4. The molecule has 0 spiro atoms. The Morgan fingerprint density at radius 2 is 1.50 bits per heavy atom. The molecule has 2 N–H and O–H groups in total. The van der Waals surface area contributed by atoms with Crippen molar-refractivity contribution >= 4 is 35.1 Å². The van der Waals surface area contributed by atoms with Crippen LogP contribution in [0.2, 0.25) is 10.3 Å². The van der Waals surface area contributed by atoms with E-state index in [0.29, 0.717) is 5.56 Å². The molecule has 0 bridgehead atoms. The third-order valence-corrected chi connectivity index (χ3v) is 3.12. The Morgan fingerprint density at radius 1 is 1.07 bits per heavy atom. The highest BCUT2D eigenvalue weighted by Crippen LogP contribution is 2.09. The van der Waals surface area contributed by atoms with E-state index in [4.69, 9.17) is 33.1 Å². The van der Waals surface area contributed by atoms with Crippen molar-refractivity contribution in [1.82, 2.24) is 20.5 Å². The van der Waals surface area contributed by atoms with Gasteiger partial charge in [0.25, 0.3) is 5.91 Å². The zero-order valence-corrected chi connectivity index (χ0v) is 16.7. The summed E-state index contributed by atoms with van der Waals surface area (Å²) in [6.45, 7) is 0. The number of hydroxylamine groups is 3. The predicted molar refractivity (Wildman–Crippen MR) is 107 cm³/mol. The van der Waals surface area contributed by atoms with Gasteiger partial charge in [-0.2, -0.15) is 0 Å². The summed E-state index contributed by atoms with van der Waals surface area (Å²) >= 11 is 11.0. The number of aromatic nitrogens is 2. The van der Waals surface area contributed by atoms with E-state index in [1.54, 1.807) is 20.2 Å². The van der Waals surface area contributed by atoms with Crippen molar-refractivity contribution in [3.63, 3.8) is 0 Å². The smallest absolute Gasteiger partial charge is 0.335 e. The van der Waals surface area contributed by atoms with Crippen LogP contribution >= 0.6 is 23.2 Å². The molecule has 0 unspecified atom stereocenters. The summed E-state index contributed by atoms with van der Waals surface area (Å²) < 4.78 is 0. The highest BCUT2D eigenvalue weighted by molar-refractivity contribution is 6.30. The first-order chi connectivity index (χ1) is 12.8. The first kappa shape index (κ1) is 27.9. The van der Waals surface area contributed by atoms with Crippen molar-refractivity contribution in [2.45, 2.75) is 7.43 Å². The van der Waals surface area contributed by atoms with Crippen molar-refractivity contribution in [3.8, 4) is 0 Å². The Bertz CT molecular complexity index is 732. The number of hydrogen-bond donors (Lipinski definition) is 2. The zero-order chi connectivity index (χ0) is 20.8. The largest absolute Gasteiger partial charge is 0.478 e. The molecular weight excluding hydrogens is 411 g/mol. The maximum Gasteiger partial charge on any atom is 0.335 e. The molecule has 2 aromatic rings. The number of pyridine rings is 2. The van der Waals surface area contributed by atoms with Crippen LogP contribution in [-0.2, 0) is 9.68 Å². The molecule has 2 heterocycles. The van der Waals surface area contributed by atoms with Crippen LogP contribution in [0.25, 0.3) is 0 Å². The fraction of sp³-hybridized carbons (Fsp3) is 0.294. The number of nitrogens with one attached hydrogen (secondary N) is 1. The number of carbonyl (C=O) groups is 2. The molecule has 0 aliphatic heterocycles. The SMILES string of the molecule is C.CNOC.CON(C)C(=O)c1ccnc(Cl)c1.O=C(O)c1ccnc(Cl)c1. The summed E-state index contributed by atoms with van der Waals surface area (Å²) in [7, 11) is 6.22. The van der Waals surface area contributed by atoms with Gasteiger partial charge in [0.1, 0.15) is 10.3 Å². The molecule has 2 aromatic heterocycles. The lowest BCUT2D eigenvalue weighted by molar-refractivity contribution is -0.0757. The van der Waals surface area contributed by atoms with Gasteiger partial charge in [-0.1, -0.05) is 30.6 Å². The molecule has 0 aromatic carbocycles. The molecule has 0 atom stereocenters. The molecule has 0 aliphatic rings. The van der Waals surface area contributed by atoms with Gasteiger partial charge in [-0.3, -0.25) is 9.63 Å². The summed E-state index contributed by atoms with van der Waals surface area (Å²) in [4.78, 5) is 38.1. The highest BCUT2D eigenvalue weighted by atomic mass is 35.5. The van der Waals surface area contributed by atoms with Crippen LogP contribution in [-0.4, -0.2) is 60.3 Å². The number of nitrogens with zero attached hydrogens (tertiary/aromatic N) is 3. The Morgan fingerprint density at radius 3 is 1.82 bits per heavy atom. The molecule has 1 amide bonds. The molecular formula is C17H24Cl2N4O5. The standard InChI is InChI=1S/C8H9ClN2O2.C6H4ClNO2.C2H7NO.CH4/c1-11(13-2)8(12)6-3-4-10-7(9)5-6;7-5-3-4(6(9)10)1-2-8-5;1-3-4-2;/h3-5H,1-2H3;1-3H,(H,9,10);3H,1-2H3;1H4. The predicted octanol–water partition coefficient (Wildman–Crippen LogP) is 3.20.